The maximum absolute atomic E-state index is 12.5. The summed E-state index contributed by atoms with van der Waals surface area (Å²) in [5.41, 5.74) is 4.74. The van der Waals surface area contributed by atoms with Crippen LogP contribution in [0.2, 0.25) is 0 Å². The van der Waals surface area contributed by atoms with E-state index in [1.165, 1.54) is 28.6 Å². The van der Waals surface area contributed by atoms with Crippen molar-refractivity contribution in [3.8, 4) is 0 Å². The molecule has 130 valence electrons. The van der Waals surface area contributed by atoms with Crippen molar-refractivity contribution in [2.75, 3.05) is 19.7 Å². The predicted molar refractivity (Wildman–Crippen MR) is 82.4 cm³/mol. The van der Waals surface area contributed by atoms with Gasteiger partial charge in [-0.1, -0.05) is 6.07 Å². The van der Waals surface area contributed by atoms with Crippen molar-refractivity contribution >= 4 is 27.9 Å². The molecule has 0 radical (unpaired) electrons. The molecule has 0 atom stereocenters. The first-order valence-corrected chi connectivity index (χ1v) is 8.61. The van der Waals surface area contributed by atoms with Gasteiger partial charge in [-0.05, 0) is 31.0 Å². The summed E-state index contributed by atoms with van der Waals surface area (Å²) in [7, 11) is -3.66. The molecule has 3 amide bonds. The standard InChI is InChI=1S/C14H17N3O6S/c15-14(20)16-12(18)9-23-13(19)10-4-3-5-11(8-10)24(21,22)17-6-1-2-7-17/h3-5,8H,1-2,6-7,9H2,(H3,15,16,18,20). The third-order valence-corrected chi connectivity index (χ3v) is 5.26. The average molecular weight is 355 g/mol. The second kappa shape index (κ2) is 7.41. The van der Waals surface area contributed by atoms with Crippen molar-refractivity contribution in [2.24, 2.45) is 5.73 Å². The molecule has 0 saturated carbocycles. The molecule has 0 bridgehead atoms. The minimum atomic E-state index is -3.66. The van der Waals surface area contributed by atoms with Crippen LogP contribution in [0, 0.1) is 0 Å². The number of hydrogen-bond donors (Lipinski definition) is 2. The fraction of sp³-hybridized carbons (Fsp3) is 0.357. The first-order valence-electron chi connectivity index (χ1n) is 7.17. The first-order chi connectivity index (χ1) is 11.3. The van der Waals surface area contributed by atoms with Crippen LogP contribution >= 0.6 is 0 Å². The van der Waals surface area contributed by atoms with Gasteiger partial charge in [0.15, 0.2) is 6.61 Å². The Hall–Kier alpha value is -2.46. The lowest BCUT2D eigenvalue weighted by atomic mass is 10.2. The number of urea groups is 1. The Morgan fingerprint density at radius 1 is 1.21 bits per heavy atom. The van der Waals surface area contributed by atoms with Crippen molar-refractivity contribution in [3.05, 3.63) is 29.8 Å². The molecule has 1 aliphatic heterocycles. The molecule has 0 spiro atoms. The Labute approximate surface area is 138 Å². The zero-order valence-electron chi connectivity index (χ0n) is 12.7. The van der Waals surface area contributed by atoms with Gasteiger partial charge >= 0.3 is 12.0 Å². The van der Waals surface area contributed by atoms with Crippen LogP contribution in [-0.4, -0.2) is 50.3 Å². The molecule has 1 aromatic rings. The zero-order chi connectivity index (χ0) is 17.7. The highest BCUT2D eigenvalue weighted by atomic mass is 32.2. The van der Waals surface area contributed by atoms with E-state index in [0.29, 0.717) is 13.1 Å². The lowest BCUT2D eigenvalue weighted by Gasteiger charge is -2.15. The smallest absolute Gasteiger partial charge is 0.338 e. The molecular weight excluding hydrogens is 338 g/mol. The molecule has 3 N–H and O–H groups in total. The number of imide groups is 1. The molecular formula is C14H17N3O6S. The van der Waals surface area contributed by atoms with Crippen molar-refractivity contribution in [1.82, 2.24) is 9.62 Å². The molecule has 2 rings (SSSR count). The number of hydrogen-bond acceptors (Lipinski definition) is 6. The van der Waals surface area contributed by atoms with Crippen LogP contribution in [0.1, 0.15) is 23.2 Å². The van der Waals surface area contributed by atoms with E-state index in [4.69, 9.17) is 10.5 Å². The van der Waals surface area contributed by atoms with Crippen LogP contribution in [0.5, 0.6) is 0 Å². The average Bonchev–Trinajstić information content (AvgIpc) is 3.07. The van der Waals surface area contributed by atoms with E-state index in [1.807, 2.05) is 0 Å². The van der Waals surface area contributed by atoms with Gasteiger partial charge in [0.25, 0.3) is 5.91 Å². The van der Waals surface area contributed by atoms with Gasteiger partial charge in [-0.25, -0.2) is 18.0 Å². The fourth-order valence-corrected chi connectivity index (χ4v) is 3.81. The van der Waals surface area contributed by atoms with Gasteiger partial charge in [0.2, 0.25) is 10.0 Å². The topological polar surface area (TPSA) is 136 Å². The van der Waals surface area contributed by atoms with E-state index in [1.54, 1.807) is 5.32 Å². The van der Waals surface area contributed by atoms with Crippen LogP contribution in [-0.2, 0) is 19.6 Å². The number of amides is 3. The van der Waals surface area contributed by atoms with Crippen LogP contribution in [0.25, 0.3) is 0 Å². The molecule has 1 heterocycles. The van der Waals surface area contributed by atoms with Gasteiger partial charge in [0.1, 0.15) is 0 Å². The third-order valence-electron chi connectivity index (χ3n) is 3.37. The molecule has 9 nitrogen and oxygen atoms in total. The Morgan fingerprint density at radius 3 is 2.50 bits per heavy atom. The number of esters is 1. The van der Waals surface area contributed by atoms with Gasteiger partial charge in [-0.15, -0.1) is 0 Å². The summed E-state index contributed by atoms with van der Waals surface area (Å²) in [4.78, 5) is 33.6. The largest absolute Gasteiger partial charge is 0.452 e. The third kappa shape index (κ3) is 4.30. The highest BCUT2D eigenvalue weighted by Crippen LogP contribution is 2.21. The van der Waals surface area contributed by atoms with Crippen molar-refractivity contribution in [1.29, 1.82) is 0 Å². The summed E-state index contributed by atoms with van der Waals surface area (Å²) in [6.45, 7) is 0.194. The minimum absolute atomic E-state index is 0.0119. The number of nitrogens with zero attached hydrogens (tertiary/aromatic N) is 1. The van der Waals surface area contributed by atoms with Gasteiger partial charge in [-0.3, -0.25) is 10.1 Å². The Bertz CT molecular complexity index is 756. The lowest BCUT2D eigenvalue weighted by Crippen LogP contribution is -2.37. The van der Waals surface area contributed by atoms with E-state index in [9.17, 15) is 22.8 Å². The number of nitrogens with one attached hydrogen (secondary N) is 1. The number of sulfonamides is 1. The number of carbonyl (C=O) groups excluding carboxylic acids is 3. The van der Waals surface area contributed by atoms with E-state index in [2.05, 4.69) is 0 Å². The SMILES string of the molecule is NC(=O)NC(=O)COC(=O)c1cccc(S(=O)(=O)N2CCCC2)c1. The predicted octanol–water partition coefficient (Wildman–Crippen LogP) is -0.177. The molecule has 0 aliphatic carbocycles. The van der Waals surface area contributed by atoms with Gasteiger partial charge in [0.05, 0.1) is 10.5 Å². The summed E-state index contributed by atoms with van der Waals surface area (Å²) in [6.07, 6.45) is 1.60. The first kappa shape index (κ1) is 17.9. The second-order valence-corrected chi connectivity index (χ2v) is 7.07. The lowest BCUT2D eigenvalue weighted by molar-refractivity contribution is -0.123. The quantitative estimate of drug-likeness (QED) is 0.703. The number of carbonyl (C=O) groups is 3. The minimum Gasteiger partial charge on any atom is -0.452 e. The zero-order valence-corrected chi connectivity index (χ0v) is 13.5. The van der Waals surface area contributed by atoms with Gasteiger partial charge < -0.3 is 10.5 Å². The Morgan fingerprint density at radius 2 is 1.88 bits per heavy atom. The van der Waals surface area contributed by atoms with Gasteiger partial charge in [-0.2, -0.15) is 4.31 Å². The summed E-state index contributed by atoms with van der Waals surface area (Å²) in [5.74, 6) is -1.76. The summed E-state index contributed by atoms with van der Waals surface area (Å²) >= 11 is 0. The number of nitrogens with two attached hydrogens (primary N) is 1. The number of ether oxygens (including phenoxy) is 1. The molecule has 1 fully saturated rings. The summed E-state index contributed by atoms with van der Waals surface area (Å²) in [5, 5.41) is 1.74. The molecule has 0 unspecified atom stereocenters. The highest BCUT2D eigenvalue weighted by Gasteiger charge is 2.27. The number of primary amides is 1. The molecule has 10 heteroatoms. The maximum atomic E-state index is 12.5. The van der Waals surface area contributed by atoms with Crippen molar-refractivity contribution in [3.63, 3.8) is 0 Å². The van der Waals surface area contributed by atoms with Gasteiger partial charge in [0, 0.05) is 13.1 Å². The number of rotatable bonds is 5. The maximum Gasteiger partial charge on any atom is 0.338 e. The fourth-order valence-electron chi connectivity index (χ4n) is 2.25. The van der Waals surface area contributed by atoms with E-state index < -0.39 is 34.5 Å². The van der Waals surface area contributed by atoms with Crippen LogP contribution < -0.4 is 11.1 Å². The molecule has 0 aromatic heterocycles. The van der Waals surface area contributed by atoms with E-state index in [-0.39, 0.29) is 10.5 Å². The second-order valence-electron chi connectivity index (χ2n) is 5.13. The van der Waals surface area contributed by atoms with Crippen LogP contribution in [0.15, 0.2) is 29.2 Å². The molecule has 1 aromatic carbocycles. The normalized spacial score (nSPS) is 15.0. The molecule has 24 heavy (non-hydrogen) atoms. The van der Waals surface area contributed by atoms with Crippen LogP contribution in [0.4, 0.5) is 4.79 Å². The number of benzene rings is 1. The Balaban J connectivity index is 2.08. The summed E-state index contributed by atoms with van der Waals surface area (Å²) in [6, 6.07) is 4.32. The van der Waals surface area contributed by atoms with E-state index >= 15 is 0 Å². The monoisotopic (exact) mass is 355 g/mol. The highest BCUT2D eigenvalue weighted by molar-refractivity contribution is 7.89. The summed E-state index contributed by atoms with van der Waals surface area (Å²) < 4.78 is 31.0. The Kier molecular flexibility index (Phi) is 5.52. The molecule has 1 saturated heterocycles. The van der Waals surface area contributed by atoms with Crippen LogP contribution in [0.3, 0.4) is 0 Å². The van der Waals surface area contributed by atoms with Crippen molar-refractivity contribution in [2.45, 2.75) is 17.7 Å². The van der Waals surface area contributed by atoms with Crippen molar-refractivity contribution < 1.29 is 27.5 Å². The van der Waals surface area contributed by atoms with E-state index in [0.717, 1.165) is 12.8 Å². The molecule has 1 aliphatic rings.